The van der Waals surface area contributed by atoms with E-state index in [4.69, 9.17) is 5.73 Å². The highest BCUT2D eigenvalue weighted by Crippen LogP contribution is 2.24. The zero-order valence-electron chi connectivity index (χ0n) is 10.2. The third-order valence-electron chi connectivity index (χ3n) is 2.77. The summed E-state index contributed by atoms with van der Waals surface area (Å²) in [5.41, 5.74) is 7.09. The Labute approximate surface area is 101 Å². The number of hydrogen-bond acceptors (Lipinski definition) is 3. The van der Waals surface area contributed by atoms with Crippen molar-refractivity contribution < 1.29 is 0 Å². The van der Waals surface area contributed by atoms with Gasteiger partial charge in [0, 0.05) is 0 Å². The molecule has 2 rings (SSSR count). The highest BCUT2D eigenvalue weighted by Gasteiger charge is 2.12. The van der Waals surface area contributed by atoms with Gasteiger partial charge in [0.25, 0.3) is 0 Å². The second-order valence-corrected chi connectivity index (χ2v) is 4.10. The van der Waals surface area contributed by atoms with Crippen LogP contribution in [0.25, 0.3) is 0 Å². The molecule has 4 nitrogen and oxygen atoms in total. The van der Waals surface area contributed by atoms with Crippen molar-refractivity contribution in [3.63, 3.8) is 0 Å². The number of rotatable bonds is 4. The zero-order chi connectivity index (χ0) is 12.3. The lowest BCUT2D eigenvalue weighted by Gasteiger charge is -2.17. The molecule has 0 amide bonds. The average molecular weight is 230 g/mol. The molecule has 17 heavy (non-hydrogen) atoms. The van der Waals surface area contributed by atoms with Gasteiger partial charge in [0.2, 0.25) is 0 Å². The molecule has 0 aliphatic carbocycles. The molecule has 0 aliphatic rings. The Balaban J connectivity index is 2.18. The van der Waals surface area contributed by atoms with Gasteiger partial charge in [0.05, 0.1) is 6.04 Å². The highest BCUT2D eigenvalue weighted by atomic mass is 15.1. The number of hydrogen-bond donors (Lipinski definition) is 3. The number of imidazole rings is 1. The monoisotopic (exact) mass is 230 g/mol. The number of aryl methyl sites for hydroxylation is 1. The summed E-state index contributed by atoms with van der Waals surface area (Å²) in [6.45, 7) is 4.03. The Morgan fingerprint density at radius 3 is 2.59 bits per heavy atom. The minimum absolute atomic E-state index is 0.237. The van der Waals surface area contributed by atoms with Crippen molar-refractivity contribution in [2.75, 3.05) is 11.1 Å². The van der Waals surface area contributed by atoms with E-state index in [2.05, 4.69) is 34.3 Å². The summed E-state index contributed by atoms with van der Waals surface area (Å²) in [5, 5.41) is 3.37. The van der Waals surface area contributed by atoms with Crippen LogP contribution >= 0.6 is 0 Å². The minimum Gasteiger partial charge on any atom is -0.382 e. The molecular formula is C13H18N4. The summed E-state index contributed by atoms with van der Waals surface area (Å²) >= 11 is 0. The molecule has 0 aliphatic heterocycles. The predicted molar refractivity (Wildman–Crippen MR) is 70.8 cm³/mol. The number of benzene rings is 1. The maximum atomic E-state index is 5.84. The average Bonchev–Trinajstić information content (AvgIpc) is 2.66. The quantitative estimate of drug-likeness (QED) is 0.756. The van der Waals surface area contributed by atoms with Crippen LogP contribution in [0, 0.1) is 6.92 Å². The molecule has 0 fully saturated rings. The summed E-state index contributed by atoms with van der Waals surface area (Å²) < 4.78 is 0. The zero-order valence-corrected chi connectivity index (χ0v) is 10.2. The molecule has 1 unspecified atom stereocenters. The van der Waals surface area contributed by atoms with Crippen molar-refractivity contribution in [1.29, 1.82) is 0 Å². The first kappa shape index (κ1) is 11.5. The summed E-state index contributed by atoms with van der Waals surface area (Å²) in [4.78, 5) is 7.32. The Kier molecular flexibility index (Phi) is 3.32. The molecule has 0 radical (unpaired) electrons. The lowest BCUT2D eigenvalue weighted by molar-refractivity contribution is 0.746. The molecule has 1 aromatic carbocycles. The SMILES string of the molecule is CCC(Nc1nc(C)[nH]c1N)c1ccccc1. The van der Waals surface area contributed by atoms with E-state index in [-0.39, 0.29) is 6.04 Å². The molecule has 0 saturated carbocycles. The summed E-state index contributed by atoms with van der Waals surface area (Å²) in [5.74, 6) is 2.16. The van der Waals surface area contributed by atoms with Crippen LogP contribution < -0.4 is 11.1 Å². The normalized spacial score (nSPS) is 12.4. The second kappa shape index (κ2) is 4.91. The van der Waals surface area contributed by atoms with Gasteiger partial charge in [-0.1, -0.05) is 37.3 Å². The van der Waals surface area contributed by atoms with Gasteiger partial charge in [-0.25, -0.2) is 4.98 Å². The van der Waals surface area contributed by atoms with Crippen molar-refractivity contribution >= 4 is 11.6 Å². The smallest absolute Gasteiger partial charge is 0.169 e. The molecule has 1 aromatic heterocycles. The van der Waals surface area contributed by atoms with Gasteiger partial charge in [-0.2, -0.15) is 0 Å². The first-order chi connectivity index (χ1) is 8.20. The van der Waals surface area contributed by atoms with E-state index in [9.17, 15) is 0 Å². The van der Waals surface area contributed by atoms with Crippen molar-refractivity contribution in [1.82, 2.24) is 9.97 Å². The molecule has 4 N–H and O–H groups in total. The van der Waals surface area contributed by atoms with Crippen molar-refractivity contribution in [2.24, 2.45) is 0 Å². The van der Waals surface area contributed by atoms with Crippen LogP contribution in [0.3, 0.4) is 0 Å². The molecule has 90 valence electrons. The fraction of sp³-hybridized carbons (Fsp3) is 0.308. The van der Waals surface area contributed by atoms with Crippen LogP contribution in [0.1, 0.15) is 30.8 Å². The van der Waals surface area contributed by atoms with Crippen LogP contribution in [-0.2, 0) is 0 Å². The summed E-state index contributed by atoms with van der Waals surface area (Å²) in [6.07, 6.45) is 0.982. The molecular weight excluding hydrogens is 212 g/mol. The summed E-state index contributed by atoms with van der Waals surface area (Å²) in [6, 6.07) is 10.6. The Morgan fingerprint density at radius 2 is 2.06 bits per heavy atom. The van der Waals surface area contributed by atoms with Crippen molar-refractivity contribution in [3.05, 3.63) is 41.7 Å². The number of aromatic amines is 1. The molecule has 0 saturated heterocycles. The number of anilines is 2. The van der Waals surface area contributed by atoms with E-state index in [1.807, 2.05) is 25.1 Å². The number of aromatic nitrogens is 2. The summed E-state index contributed by atoms with van der Waals surface area (Å²) in [7, 11) is 0. The molecule has 4 heteroatoms. The molecule has 1 atom stereocenters. The fourth-order valence-electron chi connectivity index (χ4n) is 1.89. The number of nitrogens with zero attached hydrogens (tertiary/aromatic N) is 1. The largest absolute Gasteiger partial charge is 0.382 e. The van der Waals surface area contributed by atoms with Gasteiger partial charge in [0.15, 0.2) is 5.82 Å². The van der Waals surface area contributed by atoms with Crippen LogP contribution in [0.4, 0.5) is 11.6 Å². The number of H-pyrrole nitrogens is 1. The van der Waals surface area contributed by atoms with E-state index in [1.54, 1.807) is 0 Å². The lowest BCUT2D eigenvalue weighted by Crippen LogP contribution is -2.11. The van der Waals surface area contributed by atoms with Crippen LogP contribution in [0.5, 0.6) is 0 Å². The van der Waals surface area contributed by atoms with Crippen molar-refractivity contribution in [3.8, 4) is 0 Å². The van der Waals surface area contributed by atoms with E-state index in [1.165, 1.54) is 5.56 Å². The number of nitrogens with two attached hydrogens (primary N) is 1. The number of nitrogen functional groups attached to an aromatic ring is 1. The van der Waals surface area contributed by atoms with E-state index < -0.39 is 0 Å². The van der Waals surface area contributed by atoms with Crippen LogP contribution in [0.15, 0.2) is 30.3 Å². The second-order valence-electron chi connectivity index (χ2n) is 4.10. The number of nitrogens with one attached hydrogen (secondary N) is 2. The standard InChI is InChI=1S/C13H18N4/c1-3-11(10-7-5-4-6-8-10)17-13-12(14)15-9(2)16-13/h4-8,11,17H,3,14H2,1-2H3,(H,15,16). The van der Waals surface area contributed by atoms with Gasteiger partial charge in [0.1, 0.15) is 11.6 Å². The maximum Gasteiger partial charge on any atom is 0.169 e. The van der Waals surface area contributed by atoms with Gasteiger partial charge in [-0.3, -0.25) is 0 Å². The molecule has 1 heterocycles. The molecule has 0 bridgehead atoms. The Bertz CT molecular complexity index is 475. The third-order valence-corrected chi connectivity index (χ3v) is 2.77. The van der Waals surface area contributed by atoms with Gasteiger partial charge < -0.3 is 16.0 Å². The van der Waals surface area contributed by atoms with Gasteiger partial charge in [-0.05, 0) is 18.9 Å². The lowest BCUT2D eigenvalue weighted by atomic mass is 10.0. The van der Waals surface area contributed by atoms with E-state index in [0.717, 1.165) is 18.1 Å². The van der Waals surface area contributed by atoms with Crippen LogP contribution in [0.2, 0.25) is 0 Å². The van der Waals surface area contributed by atoms with Gasteiger partial charge >= 0.3 is 0 Å². The van der Waals surface area contributed by atoms with E-state index >= 15 is 0 Å². The molecule has 2 aromatic rings. The minimum atomic E-state index is 0.237. The Morgan fingerprint density at radius 1 is 1.35 bits per heavy atom. The highest BCUT2D eigenvalue weighted by molar-refractivity contribution is 5.58. The van der Waals surface area contributed by atoms with Crippen molar-refractivity contribution in [2.45, 2.75) is 26.3 Å². The fourth-order valence-corrected chi connectivity index (χ4v) is 1.89. The van der Waals surface area contributed by atoms with Crippen LogP contribution in [-0.4, -0.2) is 9.97 Å². The van der Waals surface area contributed by atoms with Gasteiger partial charge in [-0.15, -0.1) is 0 Å². The first-order valence-electron chi connectivity index (χ1n) is 5.84. The molecule has 0 spiro atoms. The Hall–Kier alpha value is -1.97. The predicted octanol–water partition coefficient (Wildman–Crippen LogP) is 2.86. The topological polar surface area (TPSA) is 66.7 Å². The first-order valence-corrected chi connectivity index (χ1v) is 5.84. The third kappa shape index (κ3) is 2.58. The maximum absolute atomic E-state index is 5.84. The van der Waals surface area contributed by atoms with E-state index in [0.29, 0.717) is 5.82 Å².